The Balaban J connectivity index is 2.02. The van der Waals surface area contributed by atoms with Crippen LogP contribution in [-0.4, -0.2) is 35.1 Å². The van der Waals surface area contributed by atoms with E-state index in [0.29, 0.717) is 17.9 Å². The maximum atomic E-state index is 11.1. The molecule has 0 heterocycles. The topological polar surface area (TPSA) is 40.5 Å². The van der Waals surface area contributed by atoms with Crippen molar-refractivity contribution in [2.45, 2.75) is 58.4 Å². The van der Waals surface area contributed by atoms with E-state index in [0.717, 1.165) is 12.5 Å². The molecule has 3 nitrogen and oxygen atoms in total. The Morgan fingerprint density at radius 2 is 1.89 bits per heavy atom. The summed E-state index contributed by atoms with van der Waals surface area (Å²) >= 11 is 0. The van der Waals surface area contributed by atoms with Crippen LogP contribution in [0.5, 0.6) is 0 Å². The summed E-state index contributed by atoms with van der Waals surface area (Å²) in [7, 11) is 0. The maximum absolute atomic E-state index is 11.1. The van der Waals surface area contributed by atoms with E-state index < -0.39 is 5.97 Å². The SMILES string of the molecule is CC(C)C1CCCCC1N(CC(=O)O)CC1CC1. The molecular weight excluding hydrogens is 226 g/mol. The number of rotatable bonds is 6. The Morgan fingerprint density at radius 3 is 2.44 bits per heavy atom. The van der Waals surface area contributed by atoms with Crippen LogP contribution in [0.4, 0.5) is 0 Å². The van der Waals surface area contributed by atoms with Crippen molar-refractivity contribution in [3.05, 3.63) is 0 Å². The van der Waals surface area contributed by atoms with Gasteiger partial charge in [-0.2, -0.15) is 0 Å². The third-order valence-corrected chi connectivity index (χ3v) is 4.63. The number of carboxylic acids is 1. The number of aliphatic carboxylic acids is 1. The van der Waals surface area contributed by atoms with Crippen molar-refractivity contribution in [2.24, 2.45) is 17.8 Å². The van der Waals surface area contributed by atoms with Crippen molar-refractivity contribution in [3.63, 3.8) is 0 Å². The molecule has 18 heavy (non-hydrogen) atoms. The summed E-state index contributed by atoms with van der Waals surface area (Å²) < 4.78 is 0. The number of carbonyl (C=O) groups is 1. The molecule has 104 valence electrons. The highest BCUT2D eigenvalue weighted by atomic mass is 16.4. The lowest BCUT2D eigenvalue weighted by Gasteiger charge is -2.41. The number of hydrogen-bond donors (Lipinski definition) is 1. The average molecular weight is 253 g/mol. The molecule has 0 saturated heterocycles. The van der Waals surface area contributed by atoms with Gasteiger partial charge >= 0.3 is 5.97 Å². The minimum atomic E-state index is -0.663. The van der Waals surface area contributed by atoms with Crippen LogP contribution in [0.1, 0.15) is 52.4 Å². The normalized spacial score (nSPS) is 28.9. The van der Waals surface area contributed by atoms with E-state index in [4.69, 9.17) is 5.11 Å². The molecular formula is C15H27NO2. The van der Waals surface area contributed by atoms with Crippen LogP contribution in [0.15, 0.2) is 0 Å². The molecule has 0 radical (unpaired) electrons. The van der Waals surface area contributed by atoms with Gasteiger partial charge < -0.3 is 5.11 Å². The monoisotopic (exact) mass is 253 g/mol. The molecule has 0 aromatic rings. The minimum absolute atomic E-state index is 0.240. The first-order valence-electron chi connectivity index (χ1n) is 7.53. The molecule has 2 rings (SSSR count). The van der Waals surface area contributed by atoms with Gasteiger partial charge in [0.1, 0.15) is 0 Å². The third kappa shape index (κ3) is 3.71. The molecule has 2 atom stereocenters. The maximum Gasteiger partial charge on any atom is 0.317 e. The van der Waals surface area contributed by atoms with Crippen LogP contribution >= 0.6 is 0 Å². The zero-order chi connectivity index (χ0) is 13.1. The second-order valence-corrected chi connectivity index (χ2v) is 6.53. The Labute approximate surface area is 111 Å². The summed E-state index contributed by atoms with van der Waals surface area (Å²) in [5, 5.41) is 9.13. The van der Waals surface area contributed by atoms with Crippen LogP contribution in [0.3, 0.4) is 0 Å². The zero-order valence-corrected chi connectivity index (χ0v) is 11.8. The fraction of sp³-hybridized carbons (Fsp3) is 0.933. The van der Waals surface area contributed by atoms with Crippen molar-refractivity contribution in [1.29, 1.82) is 0 Å². The van der Waals surface area contributed by atoms with Crippen molar-refractivity contribution in [2.75, 3.05) is 13.1 Å². The first-order valence-corrected chi connectivity index (χ1v) is 7.53. The van der Waals surface area contributed by atoms with Gasteiger partial charge in [-0.25, -0.2) is 0 Å². The molecule has 0 aliphatic heterocycles. The Bertz CT molecular complexity index is 286. The van der Waals surface area contributed by atoms with Gasteiger partial charge in [-0.3, -0.25) is 9.69 Å². The lowest BCUT2D eigenvalue weighted by Crippen LogP contribution is -2.47. The van der Waals surface area contributed by atoms with Crippen LogP contribution in [0.25, 0.3) is 0 Å². The third-order valence-electron chi connectivity index (χ3n) is 4.63. The standard InChI is InChI=1S/C15H27NO2/c1-11(2)13-5-3-4-6-14(13)16(10-15(17)18)9-12-7-8-12/h11-14H,3-10H2,1-2H3,(H,17,18). The highest BCUT2D eigenvalue weighted by Crippen LogP contribution is 2.36. The van der Waals surface area contributed by atoms with Crippen LogP contribution in [0, 0.1) is 17.8 Å². The largest absolute Gasteiger partial charge is 0.480 e. The fourth-order valence-electron chi connectivity index (χ4n) is 3.49. The highest BCUT2D eigenvalue weighted by Gasteiger charge is 2.35. The molecule has 2 aliphatic carbocycles. The number of hydrogen-bond acceptors (Lipinski definition) is 2. The van der Waals surface area contributed by atoms with Gasteiger partial charge in [0.15, 0.2) is 0 Å². The molecule has 1 N–H and O–H groups in total. The number of nitrogens with zero attached hydrogens (tertiary/aromatic N) is 1. The van der Waals surface area contributed by atoms with Crippen molar-refractivity contribution in [3.8, 4) is 0 Å². The molecule has 0 amide bonds. The summed E-state index contributed by atoms with van der Waals surface area (Å²) in [4.78, 5) is 13.4. The van der Waals surface area contributed by atoms with E-state index in [2.05, 4.69) is 18.7 Å². The number of carboxylic acid groups (broad SMARTS) is 1. The molecule has 2 unspecified atom stereocenters. The molecule has 2 fully saturated rings. The zero-order valence-electron chi connectivity index (χ0n) is 11.8. The van der Waals surface area contributed by atoms with E-state index in [1.54, 1.807) is 0 Å². The lowest BCUT2D eigenvalue weighted by atomic mass is 9.77. The van der Waals surface area contributed by atoms with Gasteiger partial charge in [0.25, 0.3) is 0 Å². The summed E-state index contributed by atoms with van der Waals surface area (Å²) in [6.45, 7) is 5.84. The molecule has 3 heteroatoms. The Hall–Kier alpha value is -0.570. The van der Waals surface area contributed by atoms with Crippen LogP contribution < -0.4 is 0 Å². The average Bonchev–Trinajstić information content (AvgIpc) is 3.11. The summed E-state index contributed by atoms with van der Waals surface area (Å²) in [5.74, 6) is 1.48. The molecule has 2 saturated carbocycles. The van der Waals surface area contributed by atoms with Crippen molar-refractivity contribution >= 4 is 5.97 Å². The highest BCUT2D eigenvalue weighted by molar-refractivity contribution is 5.69. The summed E-state index contributed by atoms with van der Waals surface area (Å²) in [6, 6.07) is 0.510. The van der Waals surface area contributed by atoms with Crippen LogP contribution in [0.2, 0.25) is 0 Å². The molecule has 0 bridgehead atoms. The minimum Gasteiger partial charge on any atom is -0.480 e. The lowest BCUT2D eigenvalue weighted by molar-refractivity contribution is -0.139. The predicted octanol–water partition coefficient (Wildman–Crippen LogP) is 3.00. The first kappa shape index (κ1) is 13.9. The quantitative estimate of drug-likeness (QED) is 0.791. The Kier molecular flexibility index (Phi) is 4.66. The van der Waals surface area contributed by atoms with Gasteiger partial charge in [-0.05, 0) is 43.4 Å². The van der Waals surface area contributed by atoms with Gasteiger partial charge in [0, 0.05) is 12.6 Å². The fourth-order valence-corrected chi connectivity index (χ4v) is 3.49. The second-order valence-electron chi connectivity index (χ2n) is 6.53. The molecule has 0 spiro atoms. The first-order chi connectivity index (χ1) is 8.58. The second kappa shape index (κ2) is 6.05. The van der Waals surface area contributed by atoms with Gasteiger partial charge in [0.2, 0.25) is 0 Å². The molecule has 0 aromatic heterocycles. The molecule has 0 aromatic carbocycles. The van der Waals surface area contributed by atoms with Crippen LogP contribution in [-0.2, 0) is 4.79 Å². The van der Waals surface area contributed by atoms with Gasteiger partial charge in [-0.15, -0.1) is 0 Å². The van der Waals surface area contributed by atoms with E-state index in [9.17, 15) is 4.79 Å². The van der Waals surface area contributed by atoms with Gasteiger partial charge in [0.05, 0.1) is 6.54 Å². The predicted molar refractivity (Wildman–Crippen MR) is 72.5 cm³/mol. The summed E-state index contributed by atoms with van der Waals surface area (Å²) in [5.41, 5.74) is 0. The summed E-state index contributed by atoms with van der Waals surface area (Å²) in [6.07, 6.45) is 7.68. The van der Waals surface area contributed by atoms with E-state index in [-0.39, 0.29) is 6.54 Å². The van der Waals surface area contributed by atoms with E-state index in [1.165, 1.54) is 38.5 Å². The molecule has 2 aliphatic rings. The van der Waals surface area contributed by atoms with Crippen molar-refractivity contribution in [1.82, 2.24) is 4.90 Å². The van der Waals surface area contributed by atoms with E-state index in [1.807, 2.05) is 0 Å². The Morgan fingerprint density at radius 1 is 1.22 bits per heavy atom. The van der Waals surface area contributed by atoms with E-state index >= 15 is 0 Å². The smallest absolute Gasteiger partial charge is 0.317 e. The van der Waals surface area contributed by atoms with Crippen molar-refractivity contribution < 1.29 is 9.90 Å². The van der Waals surface area contributed by atoms with Gasteiger partial charge in [-0.1, -0.05) is 26.7 Å².